The quantitative estimate of drug-likeness (QED) is 0.403. The first-order valence-corrected chi connectivity index (χ1v) is 5.69. The molecule has 0 aromatic carbocycles. The Balaban J connectivity index is 2.35. The summed E-state index contributed by atoms with van der Waals surface area (Å²) in [7, 11) is -2.04. The van der Waals surface area contributed by atoms with Gasteiger partial charge in [-0.1, -0.05) is 13.8 Å². The van der Waals surface area contributed by atoms with Crippen molar-refractivity contribution in [2.24, 2.45) is 0 Å². The topological polar surface area (TPSA) is 52.6 Å². The number of rotatable bonds is 2. The van der Waals surface area contributed by atoms with Crippen LogP contribution in [0.5, 0.6) is 0 Å². The van der Waals surface area contributed by atoms with Crippen LogP contribution in [0.2, 0.25) is 0 Å². The molecule has 2 saturated heterocycles. The van der Waals surface area contributed by atoms with Crippen molar-refractivity contribution in [3.63, 3.8) is 0 Å². The zero-order valence-electron chi connectivity index (χ0n) is 7.87. The van der Waals surface area contributed by atoms with Gasteiger partial charge in [-0.05, 0) is 12.8 Å². The maximum atomic E-state index is 13.6. The molecule has 0 radical (unpaired) electrons. The third-order valence-corrected chi connectivity index (χ3v) is 5.43. The molecule has 0 spiro atoms. The van der Waals surface area contributed by atoms with Crippen molar-refractivity contribution in [3.8, 4) is 0 Å². The summed E-state index contributed by atoms with van der Waals surface area (Å²) in [5.41, 5.74) is 0. The second-order valence-corrected chi connectivity index (χ2v) is 5.34. The fourth-order valence-corrected chi connectivity index (χ4v) is 4.14. The molecule has 4 nitrogen and oxygen atoms in total. The Hall–Kier alpha value is -0.700. The molecule has 2 unspecified atom stereocenters. The third-order valence-electron chi connectivity index (χ3n) is 2.84. The largest absolute Gasteiger partial charge is 0.438 e. The number of halogens is 1. The van der Waals surface area contributed by atoms with E-state index in [2.05, 4.69) is 0 Å². The maximum Gasteiger partial charge on any atom is 0.418 e. The van der Waals surface area contributed by atoms with Gasteiger partial charge in [0.2, 0.25) is 10.7 Å². The molecule has 2 aliphatic heterocycles. The number of hydrogen-bond acceptors (Lipinski definition) is 4. The zero-order chi connectivity index (χ0) is 10.6. The van der Waals surface area contributed by atoms with E-state index in [-0.39, 0.29) is 0 Å². The molecular formula is C8H10FO4P. The molecule has 0 aliphatic carbocycles. The Morgan fingerprint density at radius 1 is 1.14 bits per heavy atom. The number of fused-ring (bicyclic) bond motifs is 1. The van der Waals surface area contributed by atoms with Crippen LogP contribution in [-0.2, 0) is 19.1 Å². The van der Waals surface area contributed by atoms with E-state index in [1.165, 1.54) is 0 Å². The van der Waals surface area contributed by atoms with E-state index < -0.39 is 30.9 Å². The molecule has 0 bridgehead atoms. The van der Waals surface area contributed by atoms with Crippen LogP contribution in [0.25, 0.3) is 0 Å². The summed E-state index contributed by atoms with van der Waals surface area (Å²) in [4.78, 5) is 21.9. The summed E-state index contributed by atoms with van der Waals surface area (Å²) in [5.74, 6) is -2.14. The van der Waals surface area contributed by atoms with Crippen molar-refractivity contribution in [1.29, 1.82) is 0 Å². The maximum absolute atomic E-state index is 13.6. The number of carbonyl (C=O) groups is 2. The van der Waals surface area contributed by atoms with Gasteiger partial charge < -0.3 is 9.47 Å². The highest BCUT2D eigenvalue weighted by Crippen LogP contribution is 2.88. The first-order valence-electron chi connectivity index (χ1n) is 4.46. The van der Waals surface area contributed by atoms with E-state index in [4.69, 9.17) is 9.47 Å². The van der Waals surface area contributed by atoms with E-state index >= 15 is 0 Å². The predicted octanol–water partition coefficient (Wildman–Crippen LogP) is 1.68. The van der Waals surface area contributed by atoms with Gasteiger partial charge in [0.05, 0.1) is 0 Å². The standard InChI is InChI=1S/C8H10FO4P/c1-3-7-8(4-2,14(7)9)13-6(11)5(10)12-7/h3-4H2,1-2H3. The monoisotopic (exact) mass is 220 g/mol. The van der Waals surface area contributed by atoms with Crippen molar-refractivity contribution >= 4 is 20.2 Å². The molecule has 2 aliphatic rings. The molecule has 0 N–H and O–H groups in total. The second-order valence-electron chi connectivity index (χ2n) is 3.34. The lowest BCUT2D eigenvalue weighted by Crippen LogP contribution is -2.43. The number of carbonyl (C=O) groups excluding carboxylic acids is 2. The molecular weight excluding hydrogens is 210 g/mol. The van der Waals surface area contributed by atoms with E-state index in [1.54, 1.807) is 13.8 Å². The molecule has 0 aromatic heterocycles. The Bertz CT molecular complexity index is 290. The lowest BCUT2D eigenvalue weighted by atomic mass is 10.1. The first-order chi connectivity index (χ1) is 6.54. The first kappa shape index (κ1) is 9.84. The average Bonchev–Trinajstić information content (AvgIpc) is 2.69. The molecule has 0 aromatic rings. The molecule has 2 fully saturated rings. The van der Waals surface area contributed by atoms with Gasteiger partial charge in [0.25, 0.3) is 0 Å². The highest BCUT2D eigenvalue weighted by atomic mass is 31.2. The average molecular weight is 220 g/mol. The van der Waals surface area contributed by atoms with E-state index in [9.17, 15) is 13.8 Å². The Morgan fingerprint density at radius 2 is 1.50 bits per heavy atom. The summed E-state index contributed by atoms with van der Waals surface area (Å²) in [6, 6.07) is 0. The summed E-state index contributed by atoms with van der Waals surface area (Å²) < 4.78 is 23.4. The lowest BCUT2D eigenvalue weighted by Gasteiger charge is -2.25. The zero-order valence-corrected chi connectivity index (χ0v) is 8.77. The van der Waals surface area contributed by atoms with Crippen LogP contribution in [0.15, 0.2) is 0 Å². The Morgan fingerprint density at radius 3 is 1.79 bits per heavy atom. The van der Waals surface area contributed by atoms with Gasteiger partial charge in [0.15, 0.2) is 8.23 Å². The van der Waals surface area contributed by atoms with Crippen LogP contribution in [0.1, 0.15) is 26.7 Å². The number of esters is 2. The summed E-state index contributed by atoms with van der Waals surface area (Å²) in [6.07, 6.45) is 0.699. The molecule has 0 amide bonds. The number of hydrogen-bond donors (Lipinski definition) is 0. The van der Waals surface area contributed by atoms with Crippen molar-refractivity contribution < 1.29 is 23.3 Å². The van der Waals surface area contributed by atoms with Gasteiger partial charge in [0.1, 0.15) is 0 Å². The van der Waals surface area contributed by atoms with Crippen LogP contribution in [-0.4, -0.2) is 22.6 Å². The normalized spacial score (nSPS) is 45.2. The molecule has 6 heteroatoms. The van der Waals surface area contributed by atoms with Crippen molar-refractivity contribution in [1.82, 2.24) is 0 Å². The van der Waals surface area contributed by atoms with Crippen LogP contribution in [0.4, 0.5) is 4.20 Å². The fourth-order valence-electron chi connectivity index (χ4n) is 1.98. The van der Waals surface area contributed by atoms with Gasteiger partial charge in [0, 0.05) is 0 Å². The van der Waals surface area contributed by atoms with E-state index in [0.717, 1.165) is 0 Å². The van der Waals surface area contributed by atoms with Crippen molar-refractivity contribution in [3.05, 3.63) is 0 Å². The molecule has 0 saturated carbocycles. The van der Waals surface area contributed by atoms with Crippen molar-refractivity contribution in [2.75, 3.05) is 0 Å². The smallest absolute Gasteiger partial charge is 0.418 e. The van der Waals surface area contributed by atoms with E-state index in [0.29, 0.717) is 12.8 Å². The van der Waals surface area contributed by atoms with Crippen LogP contribution in [0.3, 0.4) is 0 Å². The fraction of sp³-hybridized carbons (Fsp3) is 0.750. The Kier molecular flexibility index (Phi) is 1.87. The third kappa shape index (κ3) is 0.817. The van der Waals surface area contributed by atoms with Crippen LogP contribution < -0.4 is 0 Å². The summed E-state index contributed by atoms with van der Waals surface area (Å²) >= 11 is 0. The molecule has 2 atom stereocenters. The SMILES string of the molecule is CCC12OC(=O)C(=O)OC1(CC)P2F. The van der Waals surface area contributed by atoms with Crippen molar-refractivity contribution in [2.45, 2.75) is 37.4 Å². The van der Waals surface area contributed by atoms with Gasteiger partial charge in [-0.25, -0.2) is 13.8 Å². The molecule has 14 heavy (non-hydrogen) atoms. The van der Waals surface area contributed by atoms with Gasteiger partial charge >= 0.3 is 11.9 Å². The minimum absolute atomic E-state index is 0.349. The minimum Gasteiger partial charge on any atom is -0.438 e. The highest BCUT2D eigenvalue weighted by molar-refractivity contribution is 7.64. The van der Waals surface area contributed by atoms with Crippen LogP contribution >= 0.6 is 8.23 Å². The second kappa shape index (κ2) is 2.66. The minimum atomic E-state index is -2.04. The summed E-state index contributed by atoms with van der Waals surface area (Å²) in [6.45, 7) is 3.44. The van der Waals surface area contributed by atoms with Gasteiger partial charge in [-0.2, -0.15) is 0 Å². The molecule has 78 valence electrons. The molecule has 2 heterocycles. The number of ether oxygens (including phenoxy) is 2. The van der Waals surface area contributed by atoms with Gasteiger partial charge in [-0.15, -0.1) is 0 Å². The predicted molar refractivity (Wildman–Crippen MR) is 46.3 cm³/mol. The van der Waals surface area contributed by atoms with Gasteiger partial charge in [-0.3, -0.25) is 0 Å². The summed E-state index contributed by atoms with van der Waals surface area (Å²) in [5, 5.41) is -2.30. The Labute approximate surface area is 81.6 Å². The van der Waals surface area contributed by atoms with Crippen LogP contribution in [0, 0.1) is 0 Å². The van der Waals surface area contributed by atoms with E-state index in [1.807, 2.05) is 0 Å². The lowest BCUT2D eigenvalue weighted by molar-refractivity contribution is -0.195. The highest BCUT2D eigenvalue weighted by Gasteiger charge is 2.86. The molecule has 2 rings (SSSR count).